The van der Waals surface area contributed by atoms with Crippen molar-refractivity contribution in [3.8, 4) is 5.88 Å². The fourth-order valence-electron chi connectivity index (χ4n) is 6.42. The summed E-state index contributed by atoms with van der Waals surface area (Å²) >= 11 is 0. The van der Waals surface area contributed by atoms with Gasteiger partial charge in [-0.3, -0.25) is 9.59 Å². The molecule has 2 unspecified atom stereocenters. The molecule has 6 rings (SSSR count). The van der Waals surface area contributed by atoms with Gasteiger partial charge in [0.05, 0.1) is 17.8 Å². The lowest BCUT2D eigenvalue weighted by Gasteiger charge is -2.57. The Kier molecular flexibility index (Phi) is 6.01. The Balaban J connectivity index is 1.07. The van der Waals surface area contributed by atoms with Gasteiger partial charge in [-0.2, -0.15) is 13.2 Å². The predicted octanol–water partition coefficient (Wildman–Crippen LogP) is 3.69. The van der Waals surface area contributed by atoms with E-state index in [1.807, 2.05) is 4.90 Å². The van der Waals surface area contributed by atoms with E-state index in [0.717, 1.165) is 50.7 Å². The maximum atomic E-state index is 13.7. The van der Waals surface area contributed by atoms with Gasteiger partial charge < -0.3 is 25.4 Å². The number of fused-ring (bicyclic) bond motifs is 2. The molecule has 2 amide bonds. The van der Waals surface area contributed by atoms with Crippen molar-refractivity contribution in [1.82, 2.24) is 10.3 Å². The molecular formula is C27H29F3N4O4. The predicted molar refractivity (Wildman–Crippen MR) is 131 cm³/mol. The Morgan fingerprint density at radius 1 is 1.11 bits per heavy atom. The summed E-state index contributed by atoms with van der Waals surface area (Å²) in [6, 6.07) is 6.68. The number of carbonyl (C=O) groups excluding carboxylic acids is 2. The van der Waals surface area contributed by atoms with Gasteiger partial charge in [0, 0.05) is 36.6 Å². The number of amides is 2. The highest BCUT2D eigenvalue weighted by Gasteiger charge is 2.54. The van der Waals surface area contributed by atoms with Crippen LogP contribution in [0.3, 0.4) is 0 Å². The van der Waals surface area contributed by atoms with Crippen molar-refractivity contribution in [2.24, 2.45) is 11.1 Å². The summed E-state index contributed by atoms with van der Waals surface area (Å²) in [6.07, 6.45) is 1.66. The summed E-state index contributed by atoms with van der Waals surface area (Å²) in [5, 5.41) is 2.92. The molecule has 1 aromatic heterocycles. The van der Waals surface area contributed by atoms with E-state index in [1.165, 1.54) is 6.20 Å². The first-order valence-corrected chi connectivity index (χ1v) is 12.9. The highest BCUT2D eigenvalue weighted by Crippen LogP contribution is 2.56. The van der Waals surface area contributed by atoms with Crippen molar-refractivity contribution in [2.75, 3.05) is 18.0 Å². The van der Waals surface area contributed by atoms with Crippen molar-refractivity contribution in [3.63, 3.8) is 0 Å². The number of alkyl halides is 3. The number of nitrogens with one attached hydrogen (secondary N) is 1. The SMILES string of the molecule is NC(=O)c1cccnc1OC1CC2(CC(NC(=O)c3cc(N4CC5CCC(C4)O5)cc(C(F)(F)F)c3)C2)C1. The second kappa shape index (κ2) is 9.14. The van der Waals surface area contributed by atoms with Crippen LogP contribution in [0.25, 0.3) is 0 Å². The van der Waals surface area contributed by atoms with Crippen LogP contribution in [0.2, 0.25) is 0 Å². The smallest absolute Gasteiger partial charge is 0.416 e. The first-order chi connectivity index (χ1) is 18.1. The van der Waals surface area contributed by atoms with Crippen LogP contribution in [0.15, 0.2) is 36.5 Å². The molecule has 1 aromatic carbocycles. The first kappa shape index (κ1) is 25.0. The highest BCUT2D eigenvalue weighted by molar-refractivity contribution is 5.96. The van der Waals surface area contributed by atoms with Gasteiger partial charge in [0.15, 0.2) is 0 Å². The molecule has 2 saturated carbocycles. The summed E-state index contributed by atoms with van der Waals surface area (Å²) in [5.41, 5.74) is 5.23. The number of morpholine rings is 1. The van der Waals surface area contributed by atoms with E-state index >= 15 is 0 Å². The van der Waals surface area contributed by atoms with E-state index in [-0.39, 0.29) is 46.8 Å². The van der Waals surface area contributed by atoms with Gasteiger partial charge >= 0.3 is 6.18 Å². The third-order valence-corrected chi connectivity index (χ3v) is 8.25. The molecule has 4 aliphatic rings. The maximum Gasteiger partial charge on any atom is 0.416 e. The van der Waals surface area contributed by atoms with Crippen LogP contribution >= 0.6 is 0 Å². The number of pyridine rings is 1. The zero-order valence-corrected chi connectivity index (χ0v) is 20.7. The van der Waals surface area contributed by atoms with E-state index < -0.39 is 23.6 Å². The average molecular weight is 531 g/mol. The number of rotatable bonds is 6. The van der Waals surface area contributed by atoms with Gasteiger partial charge in [-0.05, 0) is 74.3 Å². The average Bonchev–Trinajstić information content (AvgIpc) is 3.17. The molecule has 2 aromatic rings. The van der Waals surface area contributed by atoms with Gasteiger partial charge in [0.2, 0.25) is 5.88 Å². The number of hydrogen-bond donors (Lipinski definition) is 2. The largest absolute Gasteiger partial charge is 0.474 e. The van der Waals surface area contributed by atoms with E-state index in [2.05, 4.69) is 10.3 Å². The standard InChI is InChI=1S/C27H29F3N4O4/c28-27(29,30)16-6-15(7-18(8-16)34-13-19-3-4-20(14-34)37-19)24(36)33-17-9-26(10-17)11-21(12-26)38-25-22(23(31)35)2-1-5-32-25/h1-2,5-8,17,19-21H,3-4,9-14H2,(H2,31,35)(H,33,36). The Morgan fingerprint density at radius 3 is 2.47 bits per heavy atom. The van der Waals surface area contributed by atoms with E-state index in [0.29, 0.717) is 18.8 Å². The number of anilines is 1. The summed E-state index contributed by atoms with van der Waals surface area (Å²) in [6.45, 7) is 1.04. The molecule has 4 fully saturated rings. The molecule has 0 radical (unpaired) electrons. The lowest BCUT2D eigenvalue weighted by molar-refractivity contribution is -0.137. The summed E-state index contributed by atoms with van der Waals surface area (Å²) < 4.78 is 52.7. The molecule has 2 aliphatic carbocycles. The Bertz CT molecular complexity index is 1240. The minimum atomic E-state index is -4.56. The fourth-order valence-corrected chi connectivity index (χ4v) is 6.42. The summed E-state index contributed by atoms with van der Waals surface area (Å²) in [5.74, 6) is -0.884. The molecule has 2 saturated heterocycles. The molecule has 3 N–H and O–H groups in total. The number of benzene rings is 1. The molecule has 2 bridgehead atoms. The number of hydrogen-bond acceptors (Lipinski definition) is 6. The van der Waals surface area contributed by atoms with E-state index in [4.69, 9.17) is 15.2 Å². The Labute approximate surface area is 217 Å². The topological polar surface area (TPSA) is 107 Å². The molecule has 8 nitrogen and oxygen atoms in total. The van der Waals surface area contributed by atoms with Crippen molar-refractivity contribution < 1.29 is 32.2 Å². The number of nitrogens with zero attached hydrogens (tertiary/aromatic N) is 2. The lowest BCUT2D eigenvalue weighted by atomic mass is 9.53. The Hall–Kier alpha value is -3.34. The van der Waals surface area contributed by atoms with Gasteiger partial charge in [-0.25, -0.2) is 4.98 Å². The lowest BCUT2D eigenvalue weighted by Crippen LogP contribution is -2.58. The van der Waals surface area contributed by atoms with E-state index in [9.17, 15) is 22.8 Å². The van der Waals surface area contributed by atoms with Crippen molar-refractivity contribution in [2.45, 2.75) is 69.1 Å². The molecule has 3 heterocycles. The Morgan fingerprint density at radius 2 is 1.82 bits per heavy atom. The minimum Gasteiger partial charge on any atom is -0.474 e. The van der Waals surface area contributed by atoms with Crippen LogP contribution < -0.4 is 20.7 Å². The molecule has 11 heteroatoms. The van der Waals surface area contributed by atoms with Crippen LogP contribution in [0.4, 0.5) is 18.9 Å². The number of aromatic nitrogens is 1. The highest BCUT2D eigenvalue weighted by atomic mass is 19.4. The van der Waals surface area contributed by atoms with Crippen LogP contribution in [0.1, 0.15) is 64.8 Å². The second-order valence-electron chi connectivity index (χ2n) is 11.1. The molecule has 38 heavy (non-hydrogen) atoms. The number of ether oxygens (including phenoxy) is 2. The zero-order valence-electron chi connectivity index (χ0n) is 20.7. The number of primary amides is 1. The quantitative estimate of drug-likeness (QED) is 0.590. The number of carbonyl (C=O) groups is 2. The van der Waals surface area contributed by atoms with Crippen molar-refractivity contribution >= 4 is 17.5 Å². The van der Waals surface area contributed by atoms with Crippen LogP contribution in [0.5, 0.6) is 5.88 Å². The van der Waals surface area contributed by atoms with Crippen LogP contribution in [-0.2, 0) is 10.9 Å². The third-order valence-electron chi connectivity index (χ3n) is 8.25. The normalized spacial score (nSPS) is 29.9. The van der Waals surface area contributed by atoms with Crippen LogP contribution in [0, 0.1) is 5.41 Å². The van der Waals surface area contributed by atoms with Gasteiger partial charge in [0.25, 0.3) is 11.8 Å². The maximum absolute atomic E-state index is 13.7. The van der Waals surface area contributed by atoms with Crippen molar-refractivity contribution in [1.29, 1.82) is 0 Å². The van der Waals surface area contributed by atoms with Gasteiger partial charge in [0.1, 0.15) is 11.7 Å². The molecule has 202 valence electrons. The molecular weight excluding hydrogens is 501 g/mol. The number of nitrogens with two attached hydrogens (primary N) is 1. The second-order valence-corrected chi connectivity index (χ2v) is 11.1. The summed E-state index contributed by atoms with van der Waals surface area (Å²) in [7, 11) is 0. The molecule has 2 aliphatic heterocycles. The van der Waals surface area contributed by atoms with Crippen LogP contribution in [-0.4, -0.2) is 54.2 Å². The minimum absolute atomic E-state index is 0.0126. The number of halogens is 3. The zero-order chi connectivity index (χ0) is 26.7. The van der Waals surface area contributed by atoms with Gasteiger partial charge in [-0.15, -0.1) is 0 Å². The monoisotopic (exact) mass is 530 g/mol. The fraction of sp³-hybridized carbons (Fsp3) is 0.519. The third kappa shape index (κ3) is 4.79. The van der Waals surface area contributed by atoms with Crippen molar-refractivity contribution in [3.05, 3.63) is 53.2 Å². The molecule has 1 spiro atoms. The first-order valence-electron chi connectivity index (χ1n) is 12.9. The van der Waals surface area contributed by atoms with Gasteiger partial charge in [-0.1, -0.05) is 0 Å². The molecule has 2 atom stereocenters. The summed E-state index contributed by atoms with van der Waals surface area (Å²) in [4.78, 5) is 30.6. The van der Waals surface area contributed by atoms with E-state index in [1.54, 1.807) is 18.2 Å².